The number of unbranched alkanes of at least 4 members (excludes halogenated alkanes) is 20. The molecule has 0 aliphatic rings. The van der Waals surface area contributed by atoms with E-state index in [0.717, 1.165) is 122 Å². The third-order valence-electron chi connectivity index (χ3n) is 11.5. The minimum atomic E-state index is -0.775. The van der Waals surface area contributed by atoms with Crippen molar-refractivity contribution >= 4 is 17.9 Å². The van der Waals surface area contributed by atoms with E-state index >= 15 is 0 Å². The van der Waals surface area contributed by atoms with Gasteiger partial charge in [0.25, 0.3) is 0 Å². The van der Waals surface area contributed by atoms with E-state index in [2.05, 4.69) is 130 Å². The third-order valence-corrected chi connectivity index (χ3v) is 11.5. The molecule has 0 spiro atoms. The fourth-order valence-corrected chi connectivity index (χ4v) is 7.37. The molecule has 0 saturated carbocycles. The van der Waals surface area contributed by atoms with Crippen molar-refractivity contribution in [1.82, 2.24) is 0 Å². The first-order chi connectivity index (χ1) is 33.5. The Bertz CT molecular complexity index is 1410. The quantitative estimate of drug-likeness (QED) is 0.0262. The molecule has 1 unspecified atom stereocenters. The molecule has 0 aliphatic heterocycles. The summed E-state index contributed by atoms with van der Waals surface area (Å²) in [6, 6.07) is 0. The Morgan fingerprint density at radius 3 is 0.897 bits per heavy atom. The van der Waals surface area contributed by atoms with Crippen molar-refractivity contribution in [3.63, 3.8) is 0 Å². The Balaban J connectivity index is 4.04. The highest BCUT2D eigenvalue weighted by Gasteiger charge is 2.19. The molecule has 0 aromatic rings. The number of carbonyl (C=O) groups is 3. The van der Waals surface area contributed by atoms with Crippen LogP contribution in [-0.2, 0) is 28.6 Å². The van der Waals surface area contributed by atoms with E-state index in [1.165, 1.54) is 83.5 Å². The Kier molecular flexibility index (Phi) is 52.4. The van der Waals surface area contributed by atoms with Gasteiger partial charge in [0, 0.05) is 19.3 Å². The Labute approximate surface area is 419 Å². The number of hydrogen-bond acceptors (Lipinski definition) is 6. The fraction of sp³-hybridized carbons (Fsp3) is 0.661. The first-order valence-corrected chi connectivity index (χ1v) is 27.9. The molecular weight excluding hydrogens is 841 g/mol. The standard InChI is InChI=1S/C62H102O6/c1-4-7-10-13-16-18-19-20-21-22-23-24-25-26-27-28-29-30-31-32-33-34-35-36-37-38-39-40-41-42-43-44-47-49-52-55-61(64)67-58-59(57-66-60(63)54-51-48-45-15-12-9-6-3)68-62(65)56-53-50-46-17-14-11-8-5-2/h7,10,16,18,20-21,23-24,26-27,29-30,32-33,35-36,38-39,59H,4-6,8-9,11-15,17,19,22,25,28,31,34,37,40-58H2,1-3H3/b10-7-,18-16-,21-20-,24-23-,27-26-,30-29-,33-32-,36-35-,39-38-. The van der Waals surface area contributed by atoms with Crippen LogP contribution in [0.3, 0.4) is 0 Å². The van der Waals surface area contributed by atoms with Gasteiger partial charge in [-0.2, -0.15) is 0 Å². The molecule has 0 radical (unpaired) electrons. The van der Waals surface area contributed by atoms with Crippen LogP contribution in [0.4, 0.5) is 0 Å². The molecule has 0 rings (SSSR count). The van der Waals surface area contributed by atoms with Crippen molar-refractivity contribution in [2.45, 2.75) is 252 Å². The molecule has 0 N–H and O–H groups in total. The lowest BCUT2D eigenvalue weighted by atomic mass is 10.1. The number of ether oxygens (including phenoxy) is 3. The zero-order chi connectivity index (χ0) is 49.3. The van der Waals surface area contributed by atoms with E-state index in [-0.39, 0.29) is 31.1 Å². The molecule has 0 bridgehead atoms. The summed E-state index contributed by atoms with van der Waals surface area (Å²) in [7, 11) is 0. The van der Waals surface area contributed by atoms with Gasteiger partial charge in [-0.05, 0) is 89.9 Å². The van der Waals surface area contributed by atoms with Gasteiger partial charge in [0.1, 0.15) is 13.2 Å². The van der Waals surface area contributed by atoms with Gasteiger partial charge in [-0.1, -0.05) is 246 Å². The van der Waals surface area contributed by atoms with E-state index in [1.807, 2.05) is 0 Å². The molecule has 0 amide bonds. The highest BCUT2D eigenvalue weighted by molar-refractivity contribution is 5.71. The molecule has 68 heavy (non-hydrogen) atoms. The normalized spacial score (nSPS) is 12.9. The van der Waals surface area contributed by atoms with Crippen LogP contribution in [0.2, 0.25) is 0 Å². The number of esters is 3. The van der Waals surface area contributed by atoms with Gasteiger partial charge in [-0.25, -0.2) is 0 Å². The summed E-state index contributed by atoms with van der Waals surface area (Å²) >= 11 is 0. The van der Waals surface area contributed by atoms with Gasteiger partial charge in [-0.15, -0.1) is 0 Å². The highest BCUT2D eigenvalue weighted by Crippen LogP contribution is 2.14. The highest BCUT2D eigenvalue weighted by atomic mass is 16.6. The van der Waals surface area contributed by atoms with Crippen LogP contribution in [-0.4, -0.2) is 37.2 Å². The molecule has 0 heterocycles. The van der Waals surface area contributed by atoms with E-state index in [9.17, 15) is 14.4 Å². The summed E-state index contributed by atoms with van der Waals surface area (Å²) in [5.74, 6) is -0.906. The van der Waals surface area contributed by atoms with Gasteiger partial charge in [0.2, 0.25) is 0 Å². The minimum absolute atomic E-state index is 0.0796. The fourth-order valence-electron chi connectivity index (χ4n) is 7.37. The third kappa shape index (κ3) is 53.0. The largest absolute Gasteiger partial charge is 0.462 e. The molecule has 0 aliphatic carbocycles. The van der Waals surface area contributed by atoms with Crippen LogP contribution in [0.15, 0.2) is 109 Å². The van der Waals surface area contributed by atoms with Crippen molar-refractivity contribution in [2.24, 2.45) is 0 Å². The van der Waals surface area contributed by atoms with Crippen LogP contribution < -0.4 is 0 Å². The van der Waals surface area contributed by atoms with Gasteiger partial charge in [-0.3, -0.25) is 14.4 Å². The van der Waals surface area contributed by atoms with E-state index < -0.39 is 6.10 Å². The monoisotopic (exact) mass is 943 g/mol. The van der Waals surface area contributed by atoms with Crippen LogP contribution in [0.1, 0.15) is 245 Å². The topological polar surface area (TPSA) is 78.9 Å². The summed E-state index contributed by atoms with van der Waals surface area (Å²) < 4.78 is 16.7. The van der Waals surface area contributed by atoms with Crippen LogP contribution in [0.5, 0.6) is 0 Å². The van der Waals surface area contributed by atoms with Crippen molar-refractivity contribution in [3.05, 3.63) is 109 Å². The van der Waals surface area contributed by atoms with Crippen LogP contribution >= 0.6 is 0 Å². The first-order valence-electron chi connectivity index (χ1n) is 27.9. The summed E-state index contributed by atoms with van der Waals surface area (Å²) in [5, 5.41) is 0. The molecule has 0 aromatic heterocycles. The maximum atomic E-state index is 12.6. The summed E-state index contributed by atoms with van der Waals surface area (Å²) in [4.78, 5) is 37.6. The molecule has 386 valence electrons. The Hall–Kier alpha value is -3.93. The zero-order valence-corrected chi connectivity index (χ0v) is 44.1. The van der Waals surface area contributed by atoms with Gasteiger partial charge in [0.05, 0.1) is 0 Å². The second-order valence-corrected chi connectivity index (χ2v) is 18.1. The zero-order valence-electron chi connectivity index (χ0n) is 44.1. The van der Waals surface area contributed by atoms with Crippen molar-refractivity contribution in [3.8, 4) is 0 Å². The molecule has 6 nitrogen and oxygen atoms in total. The second-order valence-electron chi connectivity index (χ2n) is 18.1. The number of allylic oxidation sites excluding steroid dienone is 18. The van der Waals surface area contributed by atoms with Crippen molar-refractivity contribution in [1.29, 1.82) is 0 Å². The minimum Gasteiger partial charge on any atom is -0.462 e. The Morgan fingerprint density at radius 2 is 0.574 bits per heavy atom. The van der Waals surface area contributed by atoms with Gasteiger partial charge in [0.15, 0.2) is 6.10 Å². The number of carbonyl (C=O) groups excluding carboxylic acids is 3. The maximum absolute atomic E-state index is 12.6. The predicted molar refractivity (Wildman–Crippen MR) is 293 cm³/mol. The Morgan fingerprint density at radius 1 is 0.309 bits per heavy atom. The maximum Gasteiger partial charge on any atom is 0.306 e. The number of rotatable bonds is 49. The SMILES string of the molecule is CC/C=C\C/C=C\C/C=C\C/C=C\C/C=C\C/C=C\C/C=C\C/C=C\C/C=C\CCCCCCCCCC(=O)OCC(COC(=O)CCCCCCCCC)OC(=O)CCCCCCCCCC. The van der Waals surface area contributed by atoms with Crippen molar-refractivity contribution < 1.29 is 28.6 Å². The summed E-state index contributed by atoms with van der Waals surface area (Å²) in [6.45, 7) is 6.43. The molecule has 1 atom stereocenters. The number of hydrogen-bond donors (Lipinski definition) is 0. The van der Waals surface area contributed by atoms with E-state index in [0.29, 0.717) is 19.3 Å². The van der Waals surface area contributed by atoms with Gasteiger partial charge < -0.3 is 14.2 Å². The molecule has 6 heteroatoms. The average Bonchev–Trinajstić information content (AvgIpc) is 3.34. The lowest BCUT2D eigenvalue weighted by molar-refractivity contribution is -0.167. The lowest BCUT2D eigenvalue weighted by Gasteiger charge is -2.18. The lowest BCUT2D eigenvalue weighted by Crippen LogP contribution is -2.30. The first kappa shape index (κ1) is 64.1. The smallest absolute Gasteiger partial charge is 0.306 e. The average molecular weight is 943 g/mol. The summed E-state index contributed by atoms with van der Waals surface area (Å²) in [6.07, 6.45) is 75.5. The van der Waals surface area contributed by atoms with E-state index in [4.69, 9.17) is 14.2 Å². The molecule has 0 fully saturated rings. The molecule has 0 saturated heterocycles. The van der Waals surface area contributed by atoms with Crippen LogP contribution in [0, 0.1) is 0 Å². The molecular formula is C62H102O6. The van der Waals surface area contributed by atoms with Crippen molar-refractivity contribution in [2.75, 3.05) is 13.2 Å². The second kappa shape index (κ2) is 55.7. The van der Waals surface area contributed by atoms with Crippen LogP contribution in [0.25, 0.3) is 0 Å². The van der Waals surface area contributed by atoms with E-state index in [1.54, 1.807) is 0 Å². The summed E-state index contributed by atoms with van der Waals surface area (Å²) in [5.41, 5.74) is 0. The molecule has 0 aromatic carbocycles. The predicted octanol–water partition coefficient (Wildman–Crippen LogP) is 18.7. The van der Waals surface area contributed by atoms with Gasteiger partial charge >= 0.3 is 17.9 Å².